The summed E-state index contributed by atoms with van der Waals surface area (Å²) in [6.45, 7) is 1.41. The van der Waals surface area contributed by atoms with Crippen LogP contribution in [0, 0.1) is 17.3 Å². The second-order valence-electron chi connectivity index (χ2n) is 19.7. The summed E-state index contributed by atoms with van der Waals surface area (Å²) in [5.41, 5.74) is -3.92. The minimum absolute atomic E-state index is 0.0887. The number of ether oxygens (including phenoxy) is 6. The van der Waals surface area contributed by atoms with Crippen LogP contribution < -0.4 is 16.0 Å². The van der Waals surface area contributed by atoms with Crippen molar-refractivity contribution in [1.29, 1.82) is 0 Å². The summed E-state index contributed by atoms with van der Waals surface area (Å²) in [6, 6.07) is 6.50. The molecule has 2 heterocycles. The molecule has 1 aliphatic heterocycles. The molecule has 404 valence electrons. The fraction of sp³-hybridized carbons (Fsp3) is 0.796. The van der Waals surface area contributed by atoms with Crippen LogP contribution in [0.25, 0.3) is 0 Å². The molecule has 6 rings (SSSR count). The predicted octanol–water partition coefficient (Wildman–Crippen LogP) is 10.8. The quantitative estimate of drug-likeness (QED) is 0.0524. The third kappa shape index (κ3) is 13.9. The number of methoxy groups -OCH3 is 2. The van der Waals surface area contributed by atoms with Gasteiger partial charge in [-0.1, -0.05) is 60.3 Å². The Morgan fingerprint density at radius 1 is 0.845 bits per heavy atom. The number of rotatable bonds is 27. The fourth-order valence-corrected chi connectivity index (χ4v) is 13.6. The van der Waals surface area contributed by atoms with Crippen LogP contribution in [0.5, 0.6) is 5.75 Å². The standard InChI is InChI=1S/C49H70F9N3O8S2/c1-45-20-19-36-35-16-14-34(28-32(35)13-15-37(36)38(45)17-18-41(45)67-24-21-60(2)22-25-68-46(47(50,51)52,48(53,54)55)49(56,57)58)66-23-11-27-71-70-26-10-8-6-5-7-9-12-33-30-61(44(63)59-43(33)62)42-29-39(65-4)40(69-42)31-64-3/h14,16,28,30,36-42H,5-13,15,17-27,29,31H2,1-4H3,(H,59,62,63). The maximum atomic E-state index is 13.2. The van der Waals surface area contributed by atoms with E-state index >= 15 is 0 Å². The molecule has 71 heavy (non-hydrogen) atoms. The van der Waals surface area contributed by atoms with E-state index < -0.39 is 49.2 Å². The van der Waals surface area contributed by atoms with Crippen molar-refractivity contribution in [1.82, 2.24) is 14.5 Å². The lowest BCUT2D eigenvalue weighted by Crippen LogP contribution is -2.68. The fourth-order valence-electron chi connectivity index (χ4n) is 11.4. The van der Waals surface area contributed by atoms with Crippen LogP contribution in [0.1, 0.15) is 119 Å². The first kappa shape index (κ1) is 57.8. The average molecular weight is 1060 g/mol. The number of H-pyrrole nitrogens is 1. The van der Waals surface area contributed by atoms with Gasteiger partial charge in [0.25, 0.3) is 5.56 Å². The molecule has 11 nitrogen and oxygen atoms in total. The highest BCUT2D eigenvalue weighted by molar-refractivity contribution is 8.76. The predicted molar refractivity (Wildman–Crippen MR) is 254 cm³/mol. The van der Waals surface area contributed by atoms with Crippen LogP contribution in [-0.4, -0.2) is 129 Å². The zero-order valence-corrected chi connectivity index (χ0v) is 42.6. The van der Waals surface area contributed by atoms with Gasteiger partial charge in [0.2, 0.25) is 0 Å². The Labute approximate surface area is 417 Å². The number of likely N-dealkylation sites (N-methyl/N-ethyl adjacent to an activating group) is 1. The van der Waals surface area contributed by atoms with Gasteiger partial charge in [-0.25, -0.2) is 4.79 Å². The van der Waals surface area contributed by atoms with Gasteiger partial charge >= 0.3 is 29.8 Å². The molecule has 22 heteroatoms. The zero-order valence-electron chi connectivity index (χ0n) is 41.0. The third-order valence-electron chi connectivity index (χ3n) is 15.2. The van der Waals surface area contributed by atoms with E-state index in [0.717, 1.165) is 101 Å². The van der Waals surface area contributed by atoms with E-state index in [1.54, 1.807) is 20.4 Å². The van der Waals surface area contributed by atoms with Crippen LogP contribution in [0.4, 0.5) is 39.5 Å². The summed E-state index contributed by atoms with van der Waals surface area (Å²) in [7, 11) is 8.35. The highest BCUT2D eigenvalue weighted by Gasteiger charge is 2.85. The van der Waals surface area contributed by atoms with E-state index in [1.807, 2.05) is 21.6 Å². The van der Waals surface area contributed by atoms with E-state index in [9.17, 15) is 49.1 Å². The molecular formula is C49H70F9N3O8S2. The second kappa shape index (κ2) is 25.4. The van der Waals surface area contributed by atoms with Crippen molar-refractivity contribution >= 4 is 21.6 Å². The first-order valence-corrected chi connectivity index (χ1v) is 27.3. The molecule has 4 aliphatic rings. The van der Waals surface area contributed by atoms with E-state index in [1.165, 1.54) is 27.6 Å². The van der Waals surface area contributed by atoms with Crippen LogP contribution in [0.3, 0.4) is 0 Å². The molecule has 3 fully saturated rings. The molecule has 0 bridgehead atoms. The summed E-state index contributed by atoms with van der Waals surface area (Å²) in [4.78, 5) is 28.8. The number of aromatic nitrogens is 2. The Morgan fingerprint density at radius 3 is 2.21 bits per heavy atom. The highest BCUT2D eigenvalue weighted by atomic mass is 33.1. The van der Waals surface area contributed by atoms with Gasteiger partial charge in [-0.05, 0) is 118 Å². The van der Waals surface area contributed by atoms with Gasteiger partial charge in [-0.3, -0.25) is 14.3 Å². The SMILES string of the molecule is COCC1OC(n2cc(CCCCCCCCSSCCCOc3ccc4c(c3)CCC3C4CCC4(C)C(OCCN(C)CCOC(C(F)(F)F)(C(F)(F)F)C(F)(F)F)CCC34)c(=O)[nH]c2=O)CC1OC. The van der Waals surface area contributed by atoms with Crippen molar-refractivity contribution in [2.45, 2.75) is 158 Å². The normalized spacial score (nSPS) is 25.9. The third-order valence-corrected chi connectivity index (χ3v) is 17.8. The molecule has 1 aromatic carbocycles. The topological polar surface area (TPSA) is 113 Å². The van der Waals surface area contributed by atoms with Crippen LogP contribution in [0.2, 0.25) is 0 Å². The van der Waals surface area contributed by atoms with Gasteiger partial charge in [0.15, 0.2) is 0 Å². The van der Waals surface area contributed by atoms with Crippen molar-refractivity contribution in [3.05, 3.63) is 61.9 Å². The minimum Gasteiger partial charge on any atom is -0.494 e. The Balaban J connectivity index is 0.815. The van der Waals surface area contributed by atoms with E-state index in [0.29, 0.717) is 49.4 Å². The molecule has 0 radical (unpaired) electrons. The summed E-state index contributed by atoms with van der Waals surface area (Å²) in [6.07, 6.45) is -5.56. The average Bonchev–Trinajstić information content (AvgIpc) is 3.86. The molecule has 8 atom stereocenters. The molecule has 3 aliphatic carbocycles. The monoisotopic (exact) mass is 1060 g/mol. The lowest BCUT2D eigenvalue weighted by Gasteiger charge is -2.50. The minimum atomic E-state index is -6.75. The molecule has 1 aromatic heterocycles. The van der Waals surface area contributed by atoms with Gasteiger partial charge in [-0.15, -0.1) is 0 Å². The number of unbranched alkanes of at least 4 members (excludes halogenated alkanes) is 5. The molecule has 1 saturated heterocycles. The number of aromatic amines is 1. The van der Waals surface area contributed by atoms with Crippen molar-refractivity contribution < 1.29 is 67.9 Å². The summed E-state index contributed by atoms with van der Waals surface area (Å²) < 4.78 is 153. The number of nitrogens with one attached hydrogen (secondary N) is 1. The van der Waals surface area contributed by atoms with E-state index in [2.05, 4.69) is 34.8 Å². The van der Waals surface area contributed by atoms with Gasteiger partial charge < -0.3 is 33.3 Å². The molecule has 0 amide bonds. The number of alkyl halides is 9. The number of fused-ring (bicyclic) bond motifs is 5. The number of nitrogens with zero attached hydrogens (tertiary/aromatic N) is 2. The van der Waals surface area contributed by atoms with E-state index in [-0.39, 0.29) is 42.4 Å². The molecule has 2 saturated carbocycles. The van der Waals surface area contributed by atoms with Gasteiger partial charge in [-0.2, -0.15) is 39.5 Å². The van der Waals surface area contributed by atoms with Crippen LogP contribution >= 0.6 is 21.6 Å². The second-order valence-corrected chi connectivity index (χ2v) is 22.4. The highest BCUT2D eigenvalue weighted by Crippen LogP contribution is 2.62. The Hall–Kier alpha value is -2.47. The number of hydrogen-bond donors (Lipinski definition) is 1. The summed E-state index contributed by atoms with van der Waals surface area (Å²) >= 11 is 0. The lowest BCUT2D eigenvalue weighted by molar-refractivity contribution is -0.457. The summed E-state index contributed by atoms with van der Waals surface area (Å²) in [5, 5.41) is 0. The number of hydrogen-bond acceptors (Lipinski definition) is 11. The number of benzene rings is 1. The van der Waals surface area contributed by atoms with Gasteiger partial charge in [0, 0.05) is 57.0 Å². The number of aryl methyl sites for hydroxylation is 2. The van der Waals surface area contributed by atoms with Crippen molar-refractivity contribution in [3.8, 4) is 5.75 Å². The van der Waals surface area contributed by atoms with Crippen molar-refractivity contribution in [3.63, 3.8) is 0 Å². The number of halogens is 9. The largest absolute Gasteiger partial charge is 0.494 e. The van der Waals surface area contributed by atoms with Crippen molar-refractivity contribution in [2.24, 2.45) is 17.3 Å². The van der Waals surface area contributed by atoms with Gasteiger partial charge in [0.05, 0.1) is 38.6 Å². The van der Waals surface area contributed by atoms with Gasteiger partial charge in [0.1, 0.15) is 18.1 Å². The van der Waals surface area contributed by atoms with Crippen molar-refractivity contribution in [2.75, 3.05) is 72.3 Å². The molecule has 8 unspecified atom stereocenters. The first-order valence-electron chi connectivity index (χ1n) is 24.8. The Morgan fingerprint density at radius 2 is 1.52 bits per heavy atom. The zero-order chi connectivity index (χ0) is 51.6. The molecular weight excluding hydrogens is 994 g/mol. The summed E-state index contributed by atoms with van der Waals surface area (Å²) in [5.74, 6) is 4.31. The van der Waals surface area contributed by atoms with Crippen LogP contribution in [-0.2, 0) is 36.5 Å². The molecule has 2 aromatic rings. The molecule has 0 spiro atoms. The lowest BCUT2D eigenvalue weighted by atomic mass is 9.55. The Bertz CT molecular complexity index is 2070. The maximum Gasteiger partial charge on any atom is 0.435 e. The maximum absolute atomic E-state index is 13.2. The Kier molecular flexibility index (Phi) is 20.7. The smallest absolute Gasteiger partial charge is 0.435 e. The molecule has 1 N–H and O–H groups in total. The first-order chi connectivity index (χ1) is 33.6. The van der Waals surface area contributed by atoms with Crippen LogP contribution in [0.15, 0.2) is 34.0 Å². The van der Waals surface area contributed by atoms with E-state index in [4.69, 9.17) is 23.7 Å².